The van der Waals surface area contributed by atoms with Crippen molar-refractivity contribution in [3.8, 4) is 0 Å². The fourth-order valence-electron chi connectivity index (χ4n) is 1.29. The van der Waals surface area contributed by atoms with Crippen LogP contribution in [0.1, 0.15) is 12.8 Å². The molecule has 0 atom stereocenters. The second-order valence-electron chi connectivity index (χ2n) is 2.77. The molecule has 0 aromatic heterocycles. The van der Waals surface area contributed by atoms with Crippen LogP contribution in [0.5, 0.6) is 0 Å². The molecule has 0 saturated carbocycles. The molecule has 2 rings (SSSR count). The molecular weight excluding hydrogens is 260 g/mol. The van der Waals surface area contributed by atoms with Crippen molar-refractivity contribution in [3.63, 3.8) is 0 Å². The van der Waals surface area contributed by atoms with Crippen LogP contribution >= 0.6 is 15.9 Å². The Hall–Kier alpha value is 0.154. The minimum Gasteiger partial charge on any atom is -0.0966 e. The Morgan fingerprint density at radius 2 is 1.46 bits per heavy atom. The molecule has 68 valence electrons. The van der Waals surface area contributed by atoms with Crippen LogP contribution in [0, 0.1) is 0 Å². The molecule has 0 aromatic carbocycles. The van der Waals surface area contributed by atoms with E-state index in [9.17, 15) is 0 Å². The fraction of sp³-hybridized carbons (Fsp3) is 0.273. The zero-order valence-corrected chi connectivity index (χ0v) is 10.9. The zero-order valence-electron chi connectivity index (χ0n) is 7.76. The van der Waals surface area contributed by atoms with E-state index in [0.29, 0.717) is 0 Å². The van der Waals surface area contributed by atoms with Crippen molar-refractivity contribution in [1.82, 2.24) is 0 Å². The van der Waals surface area contributed by atoms with Crippen molar-refractivity contribution in [2.75, 3.05) is 5.83 Å². The van der Waals surface area contributed by atoms with Crippen molar-refractivity contribution in [1.29, 1.82) is 0 Å². The third kappa shape index (κ3) is 3.80. The predicted molar refractivity (Wildman–Crippen MR) is 58.5 cm³/mol. The second-order valence-corrected chi connectivity index (χ2v) is 5.17. The Kier molecular flexibility index (Phi) is 5.69. The number of hydrogen-bond acceptors (Lipinski definition) is 0. The number of rotatable bonds is 2. The maximum Gasteiger partial charge on any atom is -0.00848 e. The van der Waals surface area contributed by atoms with Crippen LogP contribution in [-0.4, -0.2) is 5.83 Å². The van der Waals surface area contributed by atoms with E-state index >= 15 is 0 Å². The number of alkyl halides is 1. The zero-order chi connectivity index (χ0) is 9.52. The van der Waals surface area contributed by atoms with Crippen LogP contribution in [0.25, 0.3) is 0 Å². The van der Waals surface area contributed by atoms with E-state index in [1.165, 1.54) is 12.8 Å². The van der Waals surface area contributed by atoms with E-state index in [4.69, 9.17) is 0 Å². The first kappa shape index (κ1) is 11.2. The predicted octanol–water partition coefficient (Wildman–Crippen LogP) is 3.77. The fourth-order valence-corrected chi connectivity index (χ4v) is 3.18. The van der Waals surface area contributed by atoms with Gasteiger partial charge in [0.2, 0.25) is 0 Å². The van der Waals surface area contributed by atoms with Gasteiger partial charge in [0, 0.05) is 0 Å². The van der Waals surface area contributed by atoms with E-state index in [0.717, 1.165) is 0 Å². The van der Waals surface area contributed by atoms with Crippen LogP contribution < -0.4 is 0 Å². The van der Waals surface area contributed by atoms with Crippen LogP contribution in [0.15, 0.2) is 44.2 Å². The molecule has 2 aliphatic rings. The Labute approximate surface area is 97.5 Å². The van der Waals surface area contributed by atoms with Gasteiger partial charge in [-0.25, -0.2) is 0 Å². The SMILES string of the molecule is C1=CC[C]([Ti][C]2=CC=CC2)=C1.CBr. The van der Waals surface area contributed by atoms with Gasteiger partial charge in [-0.2, -0.15) is 0 Å². The summed E-state index contributed by atoms with van der Waals surface area (Å²) >= 11 is 3.02. The van der Waals surface area contributed by atoms with Crippen LogP contribution in [0.2, 0.25) is 0 Å². The molecule has 0 N–H and O–H groups in total. The van der Waals surface area contributed by atoms with Gasteiger partial charge in [0.1, 0.15) is 0 Å². The first-order chi connectivity index (χ1) is 6.45. The molecule has 0 heterocycles. The average molecular weight is 273 g/mol. The normalized spacial score (nSPS) is 17.7. The summed E-state index contributed by atoms with van der Waals surface area (Å²) in [5, 5.41) is 0. The van der Waals surface area contributed by atoms with Crippen LogP contribution in [0.3, 0.4) is 0 Å². The Morgan fingerprint density at radius 3 is 1.77 bits per heavy atom. The number of allylic oxidation sites excluding steroid dienone is 8. The van der Waals surface area contributed by atoms with Crippen molar-refractivity contribution in [2.45, 2.75) is 12.8 Å². The summed E-state index contributed by atoms with van der Waals surface area (Å²) < 4.78 is 3.36. The first-order valence-electron chi connectivity index (χ1n) is 4.31. The quantitative estimate of drug-likeness (QED) is 0.530. The Morgan fingerprint density at radius 1 is 1.00 bits per heavy atom. The van der Waals surface area contributed by atoms with Crippen molar-refractivity contribution < 1.29 is 19.2 Å². The monoisotopic (exact) mass is 272 g/mol. The van der Waals surface area contributed by atoms with Gasteiger partial charge in [0.25, 0.3) is 0 Å². The second kappa shape index (κ2) is 6.58. The third-order valence-electron chi connectivity index (χ3n) is 1.86. The maximum absolute atomic E-state index is 2.94. The minimum atomic E-state index is 0.0833. The van der Waals surface area contributed by atoms with Gasteiger partial charge in [-0.15, -0.1) is 0 Å². The molecule has 0 nitrogen and oxygen atoms in total. The van der Waals surface area contributed by atoms with Gasteiger partial charge >= 0.3 is 76.2 Å². The molecule has 0 bridgehead atoms. The van der Waals surface area contributed by atoms with Gasteiger partial charge in [-0.1, -0.05) is 15.9 Å². The summed E-state index contributed by atoms with van der Waals surface area (Å²) in [5.41, 5.74) is 0. The molecule has 0 aromatic rings. The van der Waals surface area contributed by atoms with E-state index in [-0.39, 0.29) is 19.2 Å². The molecular formula is C11H13BrTi. The van der Waals surface area contributed by atoms with Crippen molar-refractivity contribution in [3.05, 3.63) is 44.2 Å². The van der Waals surface area contributed by atoms with Crippen molar-refractivity contribution >= 4 is 15.9 Å². The van der Waals surface area contributed by atoms with E-state index in [1.54, 1.807) is 7.76 Å². The molecule has 0 saturated heterocycles. The molecule has 0 radical (unpaired) electrons. The van der Waals surface area contributed by atoms with Crippen molar-refractivity contribution in [2.24, 2.45) is 0 Å². The summed E-state index contributed by atoms with van der Waals surface area (Å²) in [6.07, 6.45) is 15.9. The summed E-state index contributed by atoms with van der Waals surface area (Å²) in [6, 6.07) is 0. The molecule has 0 spiro atoms. The standard InChI is InChI=1S/2C5H5.CH3Br.Ti/c2*1-2-4-5-3-1;1-2;/h2*1-3H,4H2;1H3;. The number of halogens is 1. The maximum atomic E-state index is 2.94. The summed E-state index contributed by atoms with van der Waals surface area (Å²) in [5.74, 6) is 1.81. The Bertz CT molecular complexity index is 244. The van der Waals surface area contributed by atoms with Gasteiger partial charge < -0.3 is 0 Å². The Balaban J connectivity index is 0.000000396. The molecule has 0 fully saturated rings. The molecule has 2 heteroatoms. The molecule has 0 unspecified atom stereocenters. The summed E-state index contributed by atoms with van der Waals surface area (Å²) in [4.78, 5) is 0. The van der Waals surface area contributed by atoms with Gasteiger partial charge in [0.15, 0.2) is 0 Å². The van der Waals surface area contributed by atoms with E-state index < -0.39 is 0 Å². The number of hydrogen-bond donors (Lipinski definition) is 0. The molecule has 0 amide bonds. The summed E-state index contributed by atoms with van der Waals surface area (Å²) in [6.45, 7) is 0. The average Bonchev–Trinajstić information content (AvgIpc) is 2.81. The molecule has 2 aliphatic carbocycles. The van der Waals surface area contributed by atoms with Gasteiger partial charge in [-0.3, -0.25) is 0 Å². The third-order valence-corrected chi connectivity index (χ3v) is 4.02. The van der Waals surface area contributed by atoms with Crippen LogP contribution in [0.4, 0.5) is 0 Å². The largest absolute Gasteiger partial charge is 0.0966 e. The topological polar surface area (TPSA) is 0 Å². The first-order valence-corrected chi connectivity index (χ1v) is 7.46. The molecule has 0 aliphatic heterocycles. The minimum absolute atomic E-state index is 0.0833. The van der Waals surface area contributed by atoms with E-state index in [2.05, 4.69) is 52.4 Å². The van der Waals surface area contributed by atoms with Gasteiger partial charge in [-0.05, 0) is 5.83 Å². The van der Waals surface area contributed by atoms with Gasteiger partial charge in [0.05, 0.1) is 0 Å². The summed E-state index contributed by atoms with van der Waals surface area (Å²) in [7, 11) is 0. The smallest absolute Gasteiger partial charge is 0.00848 e. The van der Waals surface area contributed by atoms with E-state index in [1.807, 2.05) is 5.83 Å². The van der Waals surface area contributed by atoms with Crippen LogP contribution in [-0.2, 0) is 19.2 Å². The molecule has 13 heavy (non-hydrogen) atoms.